The number of aliphatic hydroxyl groups is 2. The Morgan fingerprint density at radius 3 is 2.10 bits per heavy atom. The van der Waals surface area contributed by atoms with Gasteiger partial charge in [-0.1, -0.05) is 0 Å². The molecule has 1 aliphatic heterocycles. The molecule has 1 fully saturated rings. The average Bonchev–Trinajstić information content (AvgIpc) is 2.25. The van der Waals surface area contributed by atoms with E-state index < -0.39 is 58.0 Å². The van der Waals surface area contributed by atoms with Gasteiger partial charge in [0.2, 0.25) is 0 Å². The van der Waals surface area contributed by atoms with Crippen LogP contribution in [0.2, 0.25) is 0 Å². The summed E-state index contributed by atoms with van der Waals surface area (Å²) in [5.41, 5.74) is 5.29. The topological polar surface area (TPSA) is 203 Å². The van der Waals surface area contributed by atoms with Gasteiger partial charge in [-0.3, -0.25) is 9.11 Å². The van der Waals surface area contributed by atoms with Crippen LogP contribution >= 0.6 is 0 Å². The first-order chi connectivity index (χ1) is 8.91. The van der Waals surface area contributed by atoms with Crippen LogP contribution in [0.1, 0.15) is 0 Å². The van der Waals surface area contributed by atoms with Gasteiger partial charge < -0.3 is 20.7 Å². The summed E-state index contributed by atoms with van der Waals surface area (Å²) in [6.45, 7) is -1.00. The number of hydrogen-bond acceptors (Lipinski definition) is 10. The first kappa shape index (κ1) is 17.6. The van der Waals surface area contributed by atoms with Crippen LogP contribution in [-0.2, 0) is 33.9 Å². The molecule has 14 heteroatoms. The number of ether oxygens (including phenoxy) is 1. The van der Waals surface area contributed by atoms with E-state index in [1.807, 2.05) is 0 Å². The Bertz CT molecular complexity index is 529. The monoisotopic (exact) mass is 339 g/mol. The van der Waals surface area contributed by atoms with Crippen LogP contribution in [0.3, 0.4) is 0 Å². The average molecular weight is 339 g/mol. The van der Waals surface area contributed by atoms with Crippen molar-refractivity contribution in [1.29, 1.82) is 0 Å². The summed E-state index contributed by atoms with van der Waals surface area (Å²) < 4.78 is 71.8. The van der Waals surface area contributed by atoms with Gasteiger partial charge in [-0.2, -0.15) is 16.8 Å². The van der Waals surface area contributed by atoms with E-state index in [1.54, 1.807) is 0 Å². The summed E-state index contributed by atoms with van der Waals surface area (Å²) in [6.07, 6.45) is -7.11. The second-order valence-corrected chi connectivity index (χ2v) is 5.97. The molecule has 1 saturated heterocycles. The molecule has 5 atom stereocenters. The molecule has 20 heavy (non-hydrogen) atoms. The fourth-order valence-corrected chi connectivity index (χ4v) is 2.33. The second kappa shape index (κ2) is 6.14. The highest BCUT2D eigenvalue weighted by molar-refractivity contribution is 7.81. The SMILES string of the molecule is N[C@H]1C(O)O[C@H](COS(=O)(=O)O)[C@@H](OS(=O)(=O)O)[C@@H]1O. The lowest BCUT2D eigenvalue weighted by atomic mass is 9.98. The van der Waals surface area contributed by atoms with Gasteiger partial charge in [0.05, 0.1) is 12.6 Å². The Kier molecular flexibility index (Phi) is 5.41. The van der Waals surface area contributed by atoms with E-state index in [9.17, 15) is 27.0 Å². The minimum absolute atomic E-state index is 1.00. The zero-order valence-electron chi connectivity index (χ0n) is 9.63. The predicted molar refractivity (Wildman–Crippen MR) is 58.8 cm³/mol. The first-order valence-corrected chi connectivity index (χ1v) is 7.68. The Morgan fingerprint density at radius 2 is 1.65 bits per heavy atom. The molecule has 0 aliphatic carbocycles. The second-order valence-electron chi connectivity index (χ2n) is 3.83. The number of aliphatic hydroxyl groups excluding tert-OH is 2. The highest BCUT2D eigenvalue weighted by Crippen LogP contribution is 2.23. The molecule has 0 saturated carbocycles. The smallest absolute Gasteiger partial charge is 0.388 e. The van der Waals surface area contributed by atoms with E-state index in [0.717, 1.165) is 0 Å². The van der Waals surface area contributed by atoms with Crippen molar-refractivity contribution in [3.63, 3.8) is 0 Å². The number of hydrogen-bond donors (Lipinski definition) is 5. The third kappa shape index (κ3) is 5.17. The van der Waals surface area contributed by atoms with Crippen molar-refractivity contribution in [2.75, 3.05) is 6.61 Å². The molecule has 12 nitrogen and oxygen atoms in total. The van der Waals surface area contributed by atoms with Crippen molar-refractivity contribution in [3.8, 4) is 0 Å². The largest absolute Gasteiger partial charge is 0.397 e. The molecule has 1 unspecified atom stereocenters. The van der Waals surface area contributed by atoms with Crippen LogP contribution in [0, 0.1) is 0 Å². The maximum absolute atomic E-state index is 10.6. The van der Waals surface area contributed by atoms with E-state index >= 15 is 0 Å². The molecule has 1 rings (SSSR count). The third-order valence-corrected chi connectivity index (χ3v) is 3.25. The number of nitrogens with two attached hydrogens (primary N) is 1. The summed E-state index contributed by atoms with van der Waals surface area (Å²) in [6, 6.07) is -1.48. The van der Waals surface area contributed by atoms with Crippen molar-refractivity contribution >= 4 is 20.8 Å². The maximum atomic E-state index is 10.6. The van der Waals surface area contributed by atoms with E-state index in [4.69, 9.17) is 19.6 Å². The molecular weight excluding hydrogens is 326 g/mol. The Labute approximate surface area is 114 Å². The lowest BCUT2D eigenvalue weighted by molar-refractivity contribution is -0.241. The lowest BCUT2D eigenvalue weighted by Crippen LogP contribution is -2.63. The van der Waals surface area contributed by atoms with Crippen LogP contribution in [0.5, 0.6) is 0 Å². The predicted octanol–water partition coefficient (Wildman–Crippen LogP) is -3.60. The minimum atomic E-state index is -5.03. The van der Waals surface area contributed by atoms with E-state index in [-0.39, 0.29) is 0 Å². The molecule has 1 heterocycles. The third-order valence-electron chi connectivity index (χ3n) is 2.35. The Morgan fingerprint density at radius 1 is 1.10 bits per heavy atom. The Balaban J connectivity index is 2.90. The van der Waals surface area contributed by atoms with Gasteiger partial charge in [0.15, 0.2) is 6.29 Å². The van der Waals surface area contributed by atoms with Crippen LogP contribution in [0.25, 0.3) is 0 Å². The molecule has 120 valence electrons. The summed E-state index contributed by atoms with van der Waals surface area (Å²) in [7, 11) is -9.91. The van der Waals surface area contributed by atoms with Crippen LogP contribution < -0.4 is 5.73 Å². The maximum Gasteiger partial charge on any atom is 0.397 e. The van der Waals surface area contributed by atoms with Gasteiger partial charge in [0.1, 0.15) is 18.3 Å². The molecule has 0 aromatic heterocycles. The molecule has 0 bridgehead atoms. The first-order valence-electron chi connectivity index (χ1n) is 4.95. The highest BCUT2D eigenvalue weighted by atomic mass is 32.3. The van der Waals surface area contributed by atoms with E-state index in [0.29, 0.717) is 0 Å². The van der Waals surface area contributed by atoms with Crippen molar-refractivity contribution < 1.29 is 49.3 Å². The molecule has 0 amide bonds. The lowest BCUT2D eigenvalue weighted by Gasteiger charge is -2.39. The standard InChI is InChI=1S/C6H13NO11S2/c7-3-4(8)5(18-20(13,14)15)2(17-6(3)9)1-16-19(10,11)12/h2-6,8-9H,1,7H2,(H,10,11,12)(H,13,14,15)/t2-,3-,4-,5-,6?/m1/s1. The van der Waals surface area contributed by atoms with Crippen molar-refractivity contribution in [1.82, 2.24) is 0 Å². The quantitative estimate of drug-likeness (QED) is 0.308. The van der Waals surface area contributed by atoms with Crippen LogP contribution in [0.15, 0.2) is 0 Å². The molecule has 0 aromatic rings. The minimum Gasteiger partial charge on any atom is -0.388 e. The van der Waals surface area contributed by atoms with Gasteiger partial charge in [-0.25, -0.2) is 8.37 Å². The summed E-state index contributed by atoms with van der Waals surface area (Å²) in [5, 5.41) is 19.0. The van der Waals surface area contributed by atoms with Crippen LogP contribution in [-0.4, -0.2) is 73.4 Å². The molecular formula is C6H13NO11S2. The molecule has 0 aromatic carbocycles. The van der Waals surface area contributed by atoms with E-state index in [1.165, 1.54) is 0 Å². The van der Waals surface area contributed by atoms with Crippen LogP contribution in [0.4, 0.5) is 0 Å². The van der Waals surface area contributed by atoms with Crippen molar-refractivity contribution in [2.24, 2.45) is 5.73 Å². The van der Waals surface area contributed by atoms with Crippen molar-refractivity contribution in [3.05, 3.63) is 0 Å². The summed E-state index contributed by atoms with van der Waals surface area (Å²) >= 11 is 0. The molecule has 0 spiro atoms. The zero-order valence-corrected chi connectivity index (χ0v) is 11.3. The fraction of sp³-hybridized carbons (Fsp3) is 1.00. The highest BCUT2D eigenvalue weighted by Gasteiger charge is 2.46. The van der Waals surface area contributed by atoms with Crippen molar-refractivity contribution in [2.45, 2.75) is 30.6 Å². The van der Waals surface area contributed by atoms with Gasteiger partial charge in [0.25, 0.3) is 0 Å². The molecule has 6 N–H and O–H groups in total. The van der Waals surface area contributed by atoms with E-state index in [2.05, 4.69) is 8.37 Å². The molecule has 0 radical (unpaired) electrons. The Hall–Kier alpha value is -0.420. The fourth-order valence-electron chi connectivity index (χ4n) is 1.50. The van der Waals surface area contributed by atoms with Gasteiger partial charge >= 0.3 is 20.8 Å². The van der Waals surface area contributed by atoms with Gasteiger partial charge in [-0.05, 0) is 0 Å². The zero-order chi connectivity index (χ0) is 15.7. The number of rotatable bonds is 5. The summed E-state index contributed by atoms with van der Waals surface area (Å²) in [4.78, 5) is 0. The van der Waals surface area contributed by atoms with Gasteiger partial charge in [0, 0.05) is 0 Å². The van der Waals surface area contributed by atoms with Gasteiger partial charge in [-0.15, -0.1) is 0 Å². The normalized spacial score (nSPS) is 36.0. The summed E-state index contributed by atoms with van der Waals surface area (Å²) in [5.74, 6) is 0. The molecule has 1 aliphatic rings.